The van der Waals surface area contributed by atoms with Gasteiger partial charge < -0.3 is 20.1 Å². The van der Waals surface area contributed by atoms with Crippen LogP contribution < -0.4 is 20.1 Å². The monoisotopic (exact) mass is 326 g/mol. The molecule has 0 spiro atoms. The number of ether oxygens (including phenoxy) is 2. The van der Waals surface area contributed by atoms with Crippen molar-refractivity contribution in [1.82, 2.24) is 10.6 Å². The summed E-state index contributed by atoms with van der Waals surface area (Å²) in [4.78, 5) is 11.9. The van der Waals surface area contributed by atoms with E-state index < -0.39 is 0 Å². The van der Waals surface area contributed by atoms with Crippen molar-refractivity contribution in [3.05, 3.63) is 22.7 Å². The number of methoxy groups -OCH3 is 1. The van der Waals surface area contributed by atoms with Crippen LogP contribution in [0.5, 0.6) is 11.5 Å². The van der Waals surface area contributed by atoms with Gasteiger partial charge in [-0.05, 0) is 43.9 Å². The largest absolute Gasteiger partial charge is 0.491 e. The normalized spacial score (nSPS) is 18.5. The van der Waals surface area contributed by atoms with Gasteiger partial charge in [-0.3, -0.25) is 4.79 Å². The summed E-state index contributed by atoms with van der Waals surface area (Å²) in [6.07, 6.45) is 2.94. The number of hydrogen-bond acceptors (Lipinski definition) is 4. The number of hydrogen-bond donors (Lipinski definition) is 2. The zero-order valence-electron chi connectivity index (χ0n) is 13.1. The van der Waals surface area contributed by atoms with E-state index in [-0.39, 0.29) is 11.9 Å². The van der Waals surface area contributed by atoms with Crippen molar-refractivity contribution in [2.24, 2.45) is 0 Å². The van der Waals surface area contributed by atoms with Crippen molar-refractivity contribution < 1.29 is 14.3 Å². The van der Waals surface area contributed by atoms with Gasteiger partial charge in [0.25, 0.3) is 0 Å². The summed E-state index contributed by atoms with van der Waals surface area (Å²) in [6.45, 7) is 3.77. The minimum atomic E-state index is -0.154. The summed E-state index contributed by atoms with van der Waals surface area (Å²) in [5, 5.41) is 6.72. The van der Waals surface area contributed by atoms with Crippen molar-refractivity contribution >= 4 is 17.5 Å². The van der Waals surface area contributed by atoms with Gasteiger partial charge in [-0.1, -0.05) is 11.6 Å². The molecule has 1 amide bonds. The Labute approximate surface area is 136 Å². The van der Waals surface area contributed by atoms with Gasteiger partial charge in [-0.25, -0.2) is 0 Å². The first kappa shape index (κ1) is 16.9. The molecule has 0 unspecified atom stereocenters. The van der Waals surface area contributed by atoms with E-state index in [1.165, 1.54) is 0 Å². The van der Waals surface area contributed by atoms with Crippen LogP contribution in [0.3, 0.4) is 0 Å². The molecule has 0 radical (unpaired) electrons. The topological polar surface area (TPSA) is 59.6 Å². The smallest absolute Gasteiger partial charge is 0.237 e. The zero-order valence-corrected chi connectivity index (χ0v) is 13.8. The highest BCUT2D eigenvalue weighted by Crippen LogP contribution is 2.36. The third-order valence-corrected chi connectivity index (χ3v) is 3.94. The molecule has 6 heteroatoms. The van der Waals surface area contributed by atoms with Gasteiger partial charge in [0.15, 0.2) is 11.5 Å². The van der Waals surface area contributed by atoms with E-state index in [1.807, 2.05) is 19.1 Å². The van der Waals surface area contributed by atoms with Crippen LogP contribution in [0.15, 0.2) is 12.1 Å². The molecule has 1 saturated heterocycles. The summed E-state index contributed by atoms with van der Waals surface area (Å²) >= 11 is 6.23. The van der Waals surface area contributed by atoms with E-state index in [1.54, 1.807) is 7.11 Å². The number of carbonyl (C=O) groups is 1. The lowest BCUT2D eigenvalue weighted by molar-refractivity contribution is -0.122. The lowest BCUT2D eigenvalue weighted by atomic mass is 10.1. The van der Waals surface area contributed by atoms with Crippen LogP contribution in [0, 0.1) is 0 Å². The molecule has 0 bridgehead atoms. The molecule has 1 aliphatic rings. The lowest BCUT2D eigenvalue weighted by Crippen LogP contribution is -2.42. The summed E-state index contributed by atoms with van der Waals surface area (Å²) < 4.78 is 10.8. The van der Waals surface area contributed by atoms with Crippen LogP contribution in [-0.4, -0.2) is 32.2 Å². The van der Waals surface area contributed by atoms with Crippen LogP contribution in [0.4, 0.5) is 0 Å². The number of nitrogens with one attached hydrogen (secondary N) is 2. The van der Waals surface area contributed by atoms with Crippen LogP contribution in [-0.2, 0) is 11.3 Å². The molecule has 1 heterocycles. The molecule has 0 aromatic heterocycles. The highest BCUT2D eigenvalue weighted by molar-refractivity contribution is 6.32. The van der Waals surface area contributed by atoms with E-state index in [0.29, 0.717) is 29.7 Å². The molecule has 2 N–H and O–H groups in total. The molecule has 5 nitrogen and oxygen atoms in total. The average Bonchev–Trinajstić information content (AvgIpc) is 2.70. The van der Waals surface area contributed by atoms with E-state index in [4.69, 9.17) is 21.1 Å². The number of amides is 1. The standard InChI is InChI=1S/C16H23ClN2O3/c1-3-22-14-9-11(8-12(17)15(14)21-2)10-19-13-6-4-5-7-18-16(13)20/h8-9,13,19H,3-7,10H2,1-2H3,(H,18,20)/t13-/m0/s1. The number of rotatable bonds is 6. The Balaban J connectivity index is 2.07. The van der Waals surface area contributed by atoms with E-state index in [2.05, 4.69) is 10.6 Å². The Morgan fingerprint density at radius 1 is 1.41 bits per heavy atom. The van der Waals surface area contributed by atoms with Crippen molar-refractivity contribution in [3.63, 3.8) is 0 Å². The maximum absolute atomic E-state index is 11.9. The summed E-state index contributed by atoms with van der Waals surface area (Å²) in [5.74, 6) is 1.24. The van der Waals surface area contributed by atoms with Crippen molar-refractivity contribution in [3.8, 4) is 11.5 Å². The van der Waals surface area contributed by atoms with Crippen LogP contribution in [0.2, 0.25) is 5.02 Å². The van der Waals surface area contributed by atoms with Gasteiger partial charge in [0.1, 0.15) is 0 Å². The second-order valence-corrected chi connectivity index (χ2v) is 5.67. The van der Waals surface area contributed by atoms with Crippen LogP contribution in [0.25, 0.3) is 0 Å². The maximum Gasteiger partial charge on any atom is 0.237 e. The molecule has 1 fully saturated rings. The fourth-order valence-corrected chi connectivity index (χ4v) is 2.87. The molecule has 1 atom stereocenters. The Kier molecular flexibility index (Phi) is 6.34. The Morgan fingerprint density at radius 3 is 2.95 bits per heavy atom. The summed E-state index contributed by atoms with van der Waals surface area (Å²) in [6, 6.07) is 3.58. The summed E-state index contributed by atoms with van der Waals surface area (Å²) in [7, 11) is 1.57. The van der Waals surface area contributed by atoms with Crippen molar-refractivity contribution in [2.45, 2.75) is 38.8 Å². The predicted octanol–water partition coefficient (Wildman–Crippen LogP) is 2.51. The molecular formula is C16H23ClN2O3. The Hall–Kier alpha value is -1.46. The lowest BCUT2D eigenvalue weighted by Gasteiger charge is -2.17. The number of benzene rings is 1. The van der Waals surface area contributed by atoms with Gasteiger partial charge in [-0.15, -0.1) is 0 Å². The predicted molar refractivity (Wildman–Crippen MR) is 86.7 cm³/mol. The Morgan fingerprint density at radius 2 is 2.23 bits per heavy atom. The second kappa shape index (κ2) is 8.25. The van der Waals surface area contributed by atoms with Crippen LogP contribution in [0.1, 0.15) is 31.7 Å². The minimum absolute atomic E-state index is 0.0714. The molecule has 1 aromatic rings. The molecule has 1 aliphatic heterocycles. The maximum atomic E-state index is 11.9. The van der Waals surface area contributed by atoms with Gasteiger partial charge >= 0.3 is 0 Å². The van der Waals surface area contributed by atoms with Crippen LogP contribution >= 0.6 is 11.6 Å². The summed E-state index contributed by atoms with van der Waals surface area (Å²) in [5.41, 5.74) is 0.964. The minimum Gasteiger partial charge on any atom is -0.491 e. The van der Waals surface area contributed by atoms with Crippen molar-refractivity contribution in [2.75, 3.05) is 20.3 Å². The first-order valence-electron chi connectivity index (χ1n) is 7.66. The molecule has 2 rings (SSSR count). The zero-order chi connectivity index (χ0) is 15.9. The van der Waals surface area contributed by atoms with Crippen molar-refractivity contribution in [1.29, 1.82) is 0 Å². The highest BCUT2D eigenvalue weighted by atomic mass is 35.5. The average molecular weight is 327 g/mol. The fraction of sp³-hybridized carbons (Fsp3) is 0.562. The molecule has 122 valence electrons. The molecule has 0 saturated carbocycles. The third kappa shape index (κ3) is 4.27. The van der Waals surface area contributed by atoms with E-state index >= 15 is 0 Å². The van der Waals surface area contributed by atoms with Gasteiger partial charge in [-0.2, -0.15) is 0 Å². The SMILES string of the molecule is CCOc1cc(CN[C@H]2CCCCNC2=O)cc(Cl)c1OC. The molecule has 0 aliphatic carbocycles. The van der Waals surface area contributed by atoms with E-state index in [9.17, 15) is 4.79 Å². The number of halogens is 1. The molecule has 22 heavy (non-hydrogen) atoms. The first-order chi connectivity index (χ1) is 10.7. The van der Waals surface area contributed by atoms with Gasteiger partial charge in [0.2, 0.25) is 5.91 Å². The highest BCUT2D eigenvalue weighted by Gasteiger charge is 2.20. The first-order valence-corrected chi connectivity index (χ1v) is 8.03. The second-order valence-electron chi connectivity index (χ2n) is 5.26. The fourth-order valence-electron chi connectivity index (χ4n) is 2.56. The van der Waals surface area contributed by atoms with Gasteiger partial charge in [0.05, 0.1) is 24.8 Å². The third-order valence-electron chi connectivity index (χ3n) is 3.66. The van der Waals surface area contributed by atoms with Gasteiger partial charge in [0, 0.05) is 13.1 Å². The number of carbonyl (C=O) groups excluding carboxylic acids is 1. The quantitative estimate of drug-likeness (QED) is 0.843. The van der Waals surface area contributed by atoms with E-state index in [0.717, 1.165) is 31.4 Å². The molecular weight excluding hydrogens is 304 g/mol. The molecule has 1 aromatic carbocycles. The Bertz CT molecular complexity index is 522.